The Morgan fingerprint density at radius 1 is 1.00 bits per heavy atom. The molecule has 1 rings (SSSR count). The zero-order valence-electron chi connectivity index (χ0n) is 13.9. The number of hydrogen-bond donors (Lipinski definition) is 2. The Morgan fingerprint density at radius 3 is 2.00 bits per heavy atom. The van der Waals surface area contributed by atoms with E-state index in [0.717, 1.165) is 12.8 Å². The number of rotatable bonds is 5. The van der Waals surface area contributed by atoms with E-state index in [0.29, 0.717) is 18.2 Å². The molecule has 1 saturated carbocycles. The highest BCUT2D eigenvalue weighted by Crippen LogP contribution is 2.17. The van der Waals surface area contributed by atoms with Gasteiger partial charge in [0.2, 0.25) is 12.3 Å². The van der Waals surface area contributed by atoms with Crippen molar-refractivity contribution < 1.29 is 9.59 Å². The third-order valence-electron chi connectivity index (χ3n) is 4.19. The van der Waals surface area contributed by atoms with Crippen LogP contribution in [0, 0.1) is 0 Å². The summed E-state index contributed by atoms with van der Waals surface area (Å²) in [6.07, 6.45) is 14.6. The van der Waals surface area contributed by atoms with Crippen molar-refractivity contribution in [3.63, 3.8) is 0 Å². The summed E-state index contributed by atoms with van der Waals surface area (Å²) in [4.78, 5) is 22.2. The largest absolute Gasteiger partial charge is 0.353 e. The fourth-order valence-corrected chi connectivity index (χ4v) is 2.99. The third kappa shape index (κ3) is 9.53. The van der Waals surface area contributed by atoms with Gasteiger partial charge >= 0.3 is 0 Å². The average molecular weight is 309 g/mol. The van der Waals surface area contributed by atoms with Gasteiger partial charge < -0.3 is 5.32 Å². The van der Waals surface area contributed by atoms with Crippen molar-refractivity contribution in [2.75, 3.05) is 0 Å². The minimum absolute atomic E-state index is 0.00560. The van der Waals surface area contributed by atoms with Gasteiger partial charge in [-0.2, -0.15) is 5.10 Å². The van der Waals surface area contributed by atoms with Crippen molar-refractivity contribution in [1.29, 1.82) is 0 Å². The lowest BCUT2D eigenvalue weighted by Crippen LogP contribution is -2.35. The molecular formula is C17H31N3O2. The van der Waals surface area contributed by atoms with E-state index in [-0.39, 0.29) is 12.3 Å². The van der Waals surface area contributed by atoms with Crippen LogP contribution in [-0.2, 0) is 9.59 Å². The van der Waals surface area contributed by atoms with Gasteiger partial charge in [-0.1, -0.05) is 57.8 Å². The first-order chi connectivity index (χ1) is 10.7. The Kier molecular flexibility index (Phi) is 10.3. The SMILES string of the molecule is C/C(CC(=O)NC1CCCCCCCCCCC1)=N/NC=O. The molecule has 0 bridgehead atoms. The molecule has 2 amide bonds. The van der Waals surface area contributed by atoms with Gasteiger partial charge in [0.1, 0.15) is 0 Å². The van der Waals surface area contributed by atoms with Crippen molar-refractivity contribution in [1.82, 2.24) is 10.7 Å². The molecule has 0 aliphatic heterocycles. The molecule has 22 heavy (non-hydrogen) atoms. The molecule has 1 aliphatic carbocycles. The Labute approximate surface area is 134 Å². The number of hydrogen-bond acceptors (Lipinski definition) is 3. The van der Waals surface area contributed by atoms with Crippen LogP contribution in [0.15, 0.2) is 5.10 Å². The molecule has 0 atom stereocenters. The zero-order valence-corrected chi connectivity index (χ0v) is 13.9. The minimum atomic E-state index is 0.00560. The van der Waals surface area contributed by atoms with Gasteiger partial charge in [-0.3, -0.25) is 9.59 Å². The molecule has 126 valence electrons. The normalized spacial score (nSPS) is 19.6. The zero-order chi connectivity index (χ0) is 16.0. The molecule has 0 spiro atoms. The van der Waals surface area contributed by atoms with Crippen LogP contribution in [0.3, 0.4) is 0 Å². The van der Waals surface area contributed by atoms with Crippen LogP contribution in [0.4, 0.5) is 0 Å². The predicted molar refractivity (Wildman–Crippen MR) is 89.6 cm³/mol. The van der Waals surface area contributed by atoms with Crippen molar-refractivity contribution in [3.8, 4) is 0 Å². The van der Waals surface area contributed by atoms with Crippen molar-refractivity contribution >= 4 is 18.0 Å². The highest BCUT2D eigenvalue weighted by Gasteiger charge is 2.13. The summed E-state index contributed by atoms with van der Waals surface area (Å²) in [5.74, 6) is 0.00560. The number of nitrogens with zero attached hydrogens (tertiary/aromatic N) is 1. The molecule has 5 heteroatoms. The number of amides is 2. The van der Waals surface area contributed by atoms with Gasteiger partial charge in [-0.25, -0.2) is 5.43 Å². The maximum absolute atomic E-state index is 12.1. The highest BCUT2D eigenvalue weighted by atomic mass is 16.1. The summed E-state index contributed by atoms with van der Waals surface area (Å²) in [6, 6.07) is 0.291. The fraction of sp³-hybridized carbons (Fsp3) is 0.824. The summed E-state index contributed by atoms with van der Waals surface area (Å²) in [5, 5.41) is 6.94. The van der Waals surface area contributed by atoms with Gasteiger partial charge in [0.15, 0.2) is 0 Å². The Bertz CT molecular complexity index is 344. The Hall–Kier alpha value is -1.39. The van der Waals surface area contributed by atoms with E-state index in [4.69, 9.17) is 0 Å². The molecule has 1 aliphatic rings. The topological polar surface area (TPSA) is 70.6 Å². The minimum Gasteiger partial charge on any atom is -0.353 e. The molecular weight excluding hydrogens is 278 g/mol. The van der Waals surface area contributed by atoms with E-state index in [1.165, 1.54) is 57.8 Å². The van der Waals surface area contributed by atoms with Gasteiger partial charge in [0.25, 0.3) is 0 Å². The molecule has 0 aromatic rings. The summed E-state index contributed by atoms with van der Waals surface area (Å²) in [5.41, 5.74) is 2.85. The van der Waals surface area contributed by atoms with E-state index in [1.807, 2.05) is 0 Å². The van der Waals surface area contributed by atoms with Crippen molar-refractivity contribution in [2.24, 2.45) is 5.10 Å². The van der Waals surface area contributed by atoms with Gasteiger partial charge in [-0.05, 0) is 19.8 Å². The van der Waals surface area contributed by atoms with E-state index in [1.54, 1.807) is 6.92 Å². The standard InChI is InChI=1S/C17H31N3O2/c1-15(20-18-14-21)13-17(22)19-16-11-9-7-5-3-2-4-6-8-10-12-16/h14,16H,2-13H2,1H3,(H,18,21)(H,19,22)/b20-15-. The maximum atomic E-state index is 12.1. The van der Waals surface area contributed by atoms with E-state index in [9.17, 15) is 9.59 Å². The highest BCUT2D eigenvalue weighted by molar-refractivity contribution is 5.99. The predicted octanol–water partition coefficient (Wildman–Crippen LogP) is 3.29. The molecule has 0 aromatic carbocycles. The number of carbonyl (C=O) groups is 2. The van der Waals surface area contributed by atoms with Crippen molar-refractivity contribution in [2.45, 2.75) is 90.0 Å². The third-order valence-corrected chi connectivity index (χ3v) is 4.19. The van der Waals surface area contributed by atoms with Crippen molar-refractivity contribution in [3.05, 3.63) is 0 Å². The first kappa shape index (κ1) is 18.7. The number of carbonyl (C=O) groups excluding carboxylic acids is 2. The molecule has 0 heterocycles. The molecule has 5 nitrogen and oxygen atoms in total. The fourth-order valence-electron chi connectivity index (χ4n) is 2.99. The van der Waals surface area contributed by atoms with Crippen LogP contribution in [0.25, 0.3) is 0 Å². The van der Waals surface area contributed by atoms with Crippen LogP contribution in [-0.4, -0.2) is 24.1 Å². The Balaban J connectivity index is 2.37. The second kappa shape index (κ2) is 12.2. The summed E-state index contributed by atoms with van der Waals surface area (Å²) >= 11 is 0. The lowest BCUT2D eigenvalue weighted by molar-refractivity contribution is -0.120. The second-order valence-corrected chi connectivity index (χ2v) is 6.29. The quantitative estimate of drug-likeness (QED) is 0.465. The van der Waals surface area contributed by atoms with Crippen LogP contribution in [0.2, 0.25) is 0 Å². The van der Waals surface area contributed by atoms with Crippen LogP contribution in [0.1, 0.15) is 84.0 Å². The summed E-state index contributed by atoms with van der Waals surface area (Å²) in [7, 11) is 0. The lowest BCUT2D eigenvalue weighted by atomic mass is 9.98. The maximum Gasteiger partial charge on any atom is 0.227 e. The van der Waals surface area contributed by atoms with Crippen LogP contribution < -0.4 is 10.7 Å². The second-order valence-electron chi connectivity index (χ2n) is 6.29. The molecule has 0 radical (unpaired) electrons. The van der Waals surface area contributed by atoms with E-state index < -0.39 is 0 Å². The van der Waals surface area contributed by atoms with Crippen LogP contribution >= 0.6 is 0 Å². The number of nitrogens with one attached hydrogen (secondary N) is 2. The molecule has 0 saturated heterocycles. The average Bonchev–Trinajstić information content (AvgIpc) is 2.48. The molecule has 0 unspecified atom stereocenters. The first-order valence-electron chi connectivity index (χ1n) is 8.74. The smallest absolute Gasteiger partial charge is 0.227 e. The van der Waals surface area contributed by atoms with Gasteiger partial charge in [-0.15, -0.1) is 0 Å². The first-order valence-corrected chi connectivity index (χ1v) is 8.74. The lowest BCUT2D eigenvalue weighted by Gasteiger charge is -2.19. The molecule has 1 fully saturated rings. The number of hydrazone groups is 1. The molecule has 2 N–H and O–H groups in total. The van der Waals surface area contributed by atoms with E-state index >= 15 is 0 Å². The summed E-state index contributed by atoms with van der Waals surface area (Å²) in [6.45, 7) is 1.75. The van der Waals surface area contributed by atoms with E-state index in [2.05, 4.69) is 15.8 Å². The van der Waals surface area contributed by atoms with Gasteiger partial charge in [0.05, 0.1) is 6.42 Å². The Morgan fingerprint density at radius 2 is 1.50 bits per heavy atom. The summed E-state index contributed by atoms with van der Waals surface area (Å²) < 4.78 is 0. The monoisotopic (exact) mass is 309 g/mol. The molecule has 0 aromatic heterocycles. The van der Waals surface area contributed by atoms with Crippen LogP contribution in [0.5, 0.6) is 0 Å². The van der Waals surface area contributed by atoms with Gasteiger partial charge in [0, 0.05) is 11.8 Å².